The minimum Gasteiger partial charge on any atom is -0.462 e. The molecule has 0 N–H and O–H groups in total. The van der Waals surface area contributed by atoms with Gasteiger partial charge >= 0.3 is 17.9 Å². The second kappa shape index (κ2) is 61.7. The van der Waals surface area contributed by atoms with Gasteiger partial charge in [-0.2, -0.15) is 0 Å². The highest BCUT2D eigenvalue weighted by Gasteiger charge is 2.19. The van der Waals surface area contributed by atoms with Gasteiger partial charge in [-0.1, -0.05) is 287 Å². The molecule has 1 atom stereocenters. The Balaban J connectivity index is 4.25. The highest BCUT2D eigenvalue weighted by molar-refractivity contribution is 5.71. The van der Waals surface area contributed by atoms with Crippen molar-refractivity contribution in [2.45, 2.75) is 335 Å². The van der Waals surface area contributed by atoms with Crippen LogP contribution in [0.1, 0.15) is 329 Å². The summed E-state index contributed by atoms with van der Waals surface area (Å²) in [5.41, 5.74) is 0. The van der Waals surface area contributed by atoms with Gasteiger partial charge in [0.2, 0.25) is 0 Å². The second-order valence-corrected chi connectivity index (χ2v) is 21.3. The molecule has 0 aliphatic heterocycles. The predicted octanol–water partition coefficient (Wildman–Crippen LogP) is 21.6. The maximum atomic E-state index is 12.9. The van der Waals surface area contributed by atoms with Crippen molar-refractivity contribution in [3.63, 3.8) is 0 Å². The molecule has 0 radical (unpaired) electrons. The number of esters is 3. The molecule has 0 spiro atoms. The fourth-order valence-electron chi connectivity index (χ4n) is 9.25. The molecule has 0 amide bonds. The molecule has 424 valence electrons. The number of hydrogen-bond acceptors (Lipinski definition) is 6. The molecule has 0 saturated carbocycles. The lowest BCUT2D eigenvalue weighted by molar-refractivity contribution is -0.167. The third-order valence-corrected chi connectivity index (χ3v) is 14.0. The van der Waals surface area contributed by atoms with E-state index in [0.717, 1.165) is 109 Å². The lowest BCUT2D eigenvalue weighted by Crippen LogP contribution is -2.30. The third-order valence-electron chi connectivity index (χ3n) is 14.0. The predicted molar refractivity (Wildman–Crippen MR) is 316 cm³/mol. The van der Waals surface area contributed by atoms with Gasteiger partial charge in [-0.05, 0) is 83.5 Å². The van der Waals surface area contributed by atoms with Crippen LogP contribution in [0.4, 0.5) is 0 Å². The van der Waals surface area contributed by atoms with E-state index in [1.165, 1.54) is 180 Å². The number of carbonyl (C=O) groups excluding carboxylic acids is 3. The molecule has 6 heteroatoms. The highest BCUT2D eigenvalue weighted by Crippen LogP contribution is 2.17. The summed E-state index contributed by atoms with van der Waals surface area (Å²) in [6.45, 7) is 6.51. The molecule has 0 saturated heterocycles. The number of rotatable bonds is 58. The Morgan fingerprint density at radius 1 is 0.288 bits per heavy atom. The van der Waals surface area contributed by atoms with Crippen LogP contribution >= 0.6 is 0 Å². The van der Waals surface area contributed by atoms with Crippen molar-refractivity contribution in [2.24, 2.45) is 0 Å². The fraction of sp³-hybridized carbons (Fsp3) is 0.806. The SMILES string of the molecule is CC/C=C\C/C=C\C/C=C\CCCCCC(=O)OCC(COC(=O)CCCCCCCCCCCCCCCCCCCCCCCCCCCC)OC(=O)CCCCCCC/C=C\C/C=C\CCCCCC. The van der Waals surface area contributed by atoms with Crippen LogP contribution in [0, 0.1) is 0 Å². The molecular formula is C67H120O6. The summed E-state index contributed by atoms with van der Waals surface area (Å²) in [5, 5.41) is 0. The normalized spacial score (nSPS) is 12.4. The lowest BCUT2D eigenvalue weighted by Gasteiger charge is -2.18. The summed E-state index contributed by atoms with van der Waals surface area (Å²) in [7, 11) is 0. The van der Waals surface area contributed by atoms with Crippen LogP contribution in [0.5, 0.6) is 0 Å². The summed E-state index contributed by atoms with van der Waals surface area (Å²) < 4.78 is 16.9. The van der Waals surface area contributed by atoms with Gasteiger partial charge in [0.25, 0.3) is 0 Å². The Bertz CT molecular complexity index is 1310. The molecule has 0 aromatic carbocycles. The minimum atomic E-state index is -0.793. The van der Waals surface area contributed by atoms with E-state index in [1.54, 1.807) is 0 Å². The van der Waals surface area contributed by atoms with Gasteiger partial charge < -0.3 is 14.2 Å². The molecule has 0 fully saturated rings. The minimum absolute atomic E-state index is 0.0867. The van der Waals surface area contributed by atoms with Crippen LogP contribution in [-0.4, -0.2) is 37.2 Å². The van der Waals surface area contributed by atoms with Crippen molar-refractivity contribution >= 4 is 17.9 Å². The van der Waals surface area contributed by atoms with Crippen LogP contribution in [-0.2, 0) is 28.6 Å². The molecule has 0 bridgehead atoms. The zero-order valence-corrected chi connectivity index (χ0v) is 48.7. The van der Waals surface area contributed by atoms with Crippen LogP contribution < -0.4 is 0 Å². The van der Waals surface area contributed by atoms with E-state index in [9.17, 15) is 14.4 Å². The summed E-state index contributed by atoms with van der Waals surface area (Å²) in [5.74, 6) is -0.916. The van der Waals surface area contributed by atoms with Gasteiger partial charge in [0.05, 0.1) is 0 Å². The highest BCUT2D eigenvalue weighted by atomic mass is 16.6. The largest absolute Gasteiger partial charge is 0.462 e. The smallest absolute Gasteiger partial charge is 0.306 e. The second-order valence-electron chi connectivity index (χ2n) is 21.3. The van der Waals surface area contributed by atoms with E-state index in [1.807, 2.05) is 0 Å². The van der Waals surface area contributed by atoms with E-state index in [-0.39, 0.29) is 31.1 Å². The van der Waals surface area contributed by atoms with E-state index in [0.29, 0.717) is 19.3 Å². The number of carbonyl (C=O) groups is 3. The number of ether oxygens (including phenoxy) is 3. The lowest BCUT2D eigenvalue weighted by atomic mass is 10.0. The molecule has 0 heterocycles. The average Bonchev–Trinajstić information content (AvgIpc) is 3.39. The summed E-state index contributed by atoms with van der Waals surface area (Å²) in [6, 6.07) is 0. The molecule has 0 aliphatic rings. The standard InChI is InChI=1S/C67H120O6/c1-4-7-10-13-16-19-22-25-27-29-30-31-32-33-34-35-36-37-38-40-42-45-48-51-54-57-60-66(69)72-63-64(62-71-65(68)59-56-53-50-47-44-41-24-21-18-15-12-9-6-3)73-67(70)61-58-55-52-49-46-43-39-28-26-23-20-17-14-11-8-5-2/h9,12,18,20-21,23,28,39,41,44,64H,4-8,10-11,13-17,19,22,24-27,29-38,40,42-43,45-63H2,1-3H3/b12-9-,21-18-,23-20-,39-28-,44-41-. The molecule has 6 nitrogen and oxygen atoms in total. The van der Waals surface area contributed by atoms with Crippen LogP contribution in [0.15, 0.2) is 60.8 Å². The average molecular weight is 1020 g/mol. The number of allylic oxidation sites excluding steroid dienone is 10. The number of hydrogen-bond donors (Lipinski definition) is 0. The molecular weight excluding hydrogens is 901 g/mol. The van der Waals surface area contributed by atoms with Crippen molar-refractivity contribution in [3.05, 3.63) is 60.8 Å². The molecule has 0 aromatic rings. The topological polar surface area (TPSA) is 78.9 Å². The third kappa shape index (κ3) is 59.9. The summed E-state index contributed by atoms with van der Waals surface area (Å²) in [6.07, 6.45) is 78.1. The van der Waals surface area contributed by atoms with Gasteiger partial charge in [-0.25, -0.2) is 0 Å². The first kappa shape index (κ1) is 70.1. The monoisotopic (exact) mass is 1020 g/mol. The Hall–Kier alpha value is -2.89. The van der Waals surface area contributed by atoms with Crippen molar-refractivity contribution < 1.29 is 28.6 Å². The van der Waals surface area contributed by atoms with Gasteiger partial charge in [0, 0.05) is 19.3 Å². The first-order valence-corrected chi connectivity index (χ1v) is 31.8. The molecule has 0 aliphatic carbocycles. The van der Waals surface area contributed by atoms with Crippen LogP contribution in [0.3, 0.4) is 0 Å². The van der Waals surface area contributed by atoms with Crippen LogP contribution in [0.25, 0.3) is 0 Å². The number of unbranched alkanes of at least 4 members (excludes halogenated alkanes) is 37. The van der Waals surface area contributed by atoms with E-state index >= 15 is 0 Å². The molecule has 0 aromatic heterocycles. The van der Waals surface area contributed by atoms with Crippen molar-refractivity contribution in [2.75, 3.05) is 13.2 Å². The van der Waals surface area contributed by atoms with Gasteiger partial charge in [-0.3, -0.25) is 14.4 Å². The van der Waals surface area contributed by atoms with E-state index in [2.05, 4.69) is 81.5 Å². The van der Waals surface area contributed by atoms with E-state index in [4.69, 9.17) is 14.2 Å². The zero-order valence-electron chi connectivity index (χ0n) is 48.7. The Morgan fingerprint density at radius 3 is 0.863 bits per heavy atom. The summed E-state index contributed by atoms with van der Waals surface area (Å²) in [4.78, 5) is 38.2. The molecule has 73 heavy (non-hydrogen) atoms. The maximum absolute atomic E-state index is 12.9. The first-order valence-electron chi connectivity index (χ1n) is 31.8. The van der Waals surface area contributed by atoms with Crippen LogP contribution in [0.2, 0.25) is 0 Å². The van der Waals surface area contributed by atoms with Crippen molar-refractivity contribution in [1.82, 2.24) is 0 Å². The van der Waals surface area contributed by atoms with Crippen molar-refractivity contribution in [3.8, 4) is 0 Å². The van der Waals surface area contributed by atoms with Gasteiger partial charge in [-0.15, -0.1) is 0 Å². The Morgan fingerprint density at radius 2 is 0.534 bits per heavy atom. The Kier molecular flexibility index (Phi) is 59.2. The maximum Gasteiger partial charge on any atom is 0.306 e. The zero-order chi connectivity index (χ0) is 52.9. The quantitative estimate of drug-likeness (QED) is 0.0261. The Labute approximate surface area is 453 Å². The first-order chi connectivity index (χ1) is 36.0. The fourth-order valence-corrected chi connectivity index (χ4v) is 9.25. The molecule has 0 rings (SSSR count). The molecule has 1 unspecified atom stereocenters. The van der Waals surface area contributed by atoms with Gasteiger partial charge in [0.1, 0.15) is 13.2 Å². The summed E-state index contributed by atoms with van der Waals surface area (Å²) >= 11 is 0. The van der Waals surface area contributed by atoms with E-state index < -0.39 is 6.10 Å². The van der Waals surface area contributed by atoms with Crippen molar-refractivity contribution in [1.29, 1.82) is 0 Å². The van der Waals surface area contributed by atoms with Gasteiger partial charge in [0.15, 0.2) is 6.10 Å².